The van der Waals surface area contributed by atoms with Crippen LogP contribution in [0.2, 0.25) is 0 Å². The lowest BCUT2D eigenvalue weighted by Crippen LogP contribution is -2.04. The van der Waals surface area contributed by atoms with Gasteiger partial charge in [0.1, 0.15) is 12.4 Å². The van der Waals surface area contributed by atoms with Gasteiger partial charge in [-0.05, 0) is 50.0 Å². The van der Waals surface area contributed by atoms with Crippen molar-refractivity contribution in [2.45, 2.75) is 40.7 Å². The van der Waals surface area contributed by atoms with E-state index in [4.69, 9.17) is 18.7 Å². The number of benzene rings is 1. The summed E-state index contributed by atoms with van der Waals surface area (Å²) in [5.74, 6) is 2.07. The Morgan fingerprint density at radius 1 is 1.26 bits per heavy atom. The van der Waals surface area contributed by atoms with Gasteiger partial charge in [-0.1, -0.05) is 25.1 Å². The van der Waals surface area contributed by atoms with Crippen LogP contribution in [0.1, 0.15) is 42.8 Å². The molecular weight excluding hydrogens is 346 g/mol. The molecular formula is C21H27NO5. The Morgan fingerprint density at radius 3 is 2.67 bits per heavy atom. The van der Waals surface area contributed by atoms with Crippen LogP contribution >= 0.6 is 0 Å². The van der Waals surface area contributed by atoms with Crippen molar-refractivity contribution in [1.29, 1.82) is 0 Å². The number of carbonyl (C=O) groups excluding carboxylic acids is 1. The van der Waals surface area contributed by atoms with Gasteiger partial charge in [0.15, 0.2) is 11.5 Å². The zero-order valence-corrected chi connectivity index (χ0v) is 16.6. The molecule has 0 amide bonds. The Hall–Kier alpha value is -2.76. The number of aryl methyl sites for hydroxylation is 2. The summed E-state index contributed by atoms with van der Waals surface area (Å²) in [7, 11) is 1.58. The van der Waals surface area contributed by atoms with Gasteiger partial charge in [0, 0.05) is 6.08 Å². The molecule has 0 N–H and O–H groups in total. The van der Waals surface area contributed by atoms with Crippen molar-refractivity contribution in [3.8, 4) is 11.5 Å². The highest BCUT2D eigenvalue weighted by Gasteiger charge is 2.12. The van der Waals surface area contributed by atoms with Crippen LogP contribution in [0.15, 0.2) is 28.8 Å². The Labute approximate surface area is 160 Å². The molecule has 1 heterocycles. The van der Waals surface area contributed by atoms with Crippen LogP contribution in [0.3, 0.4) is 0 Å². The van der Waals surface area contributed by atoms with Gasteiger partial charge in [0.05, 0.1) is 25.0 Å². The summed E-state index contributed by atoms with van der Waals surface area (Å²) >= 11 is 0. The monoisotopic (exact) mass is 373 g/mol. The van der Waals surface area contributed by atoms with Crippen LogP contribution in [0.5, 0.6) is 11.5 Å². The summed E-state index contributed by atoms with van der Waals surface area (Å²) in [6.45, 7) is 8.68. The van der Waals surface area contributed by atoms with Gasteiger partial charge in [-0.15, -0.1) is 0 Å². The second-order valence-electron chi connectivity index (χ2n) is 6.69. The average Bonchev–Trinajstić information content (AvgIpc) is 2.96. The van der Waals surface area contributed by atoms with E-state index in [1.54, 1.807) is 25.3 Å². The quantitative estimate of drug-likeness (QED) is 0.477. The number of ether oxygens (including phenoxy) is 3. The maximum atomic E-state index is 11.7. The molecule has 1 aromatic heterocycles. The lowest BCUT2D eigenvalue weighted by Gasteiger charge is -2.11. The molecule has 0 fully saturated rings. The molecule has 0 aliphatic rings. The fourth-order valence-electron chi connectivity index (χ4n) is 2.37. The van der Waals surface area contributed by atoms with Crippen molar-refractivity contribution in [3.63, 3.8) is 0 Å². The largest absolute Gasteiger partial charge is 0.493 e. The number of hydrogen-bond acceptors (Lipinski definition) is 6. The smallest absolute Gasteiger partial charge is 0.330 e. The fraction of sp³-hybridized carbons (Fsp3) is 0.429. The van der Waals surface area contributed by atoms with Crippen molar-refractivity contribution in [1.82, 2.24) is 5.16 Å². The maximum Gasteiger partial charge on any atom is 0.330 e. The van der Waals surface area contributed by atoms with E-state index in [1.165, 1.54) is 6.08 Å². The van der Waals surface area contributed by atoms with Crippen molar-refractivity contribution >= 4 is 12.0 Å². The van der Waals surface area contributed by atoms with E-state index in [2.05, 4.69) is 19.0 Å². The summed E-state index contributed by atoms with van der Waals surface area (Å²) in [5, 5.41) is 3.92. The summed E-state index contributed by atoms with van der Waals surface area (Å²) in [6.07, 6.45) is 3.96. The third kappa shape index (κ3) is 6.16. The normalized spacial score (nSPS) is 11.2. The van der Waals surface area contributed by atoms with Crippen molar-refractivity contribution in [2.75, 3.05) is 13.7 Å². The van der Waals surface area contributed by atoms with Crippen LogP contribution in [-0.4, -0.2) is 24.8 Å². The van der Waals surface area contributed by atoms with Gasteiger partial charge in [-0.2, -0.15) is 0 Å². The minimum atomic E-state index is -0.353. The molecule has 6 heteroatoms. The second kappa shape index (κ2) is 9.80. The standard InChI is InChI=1S/C21H27NO5/c1-14(2)10-11-25-21(23)9-7-17-6-8-19(20(12-17)24-5)26-13-18-15(3)22-27-16(18)4/h6-9,12,14H,10-11,13H2,1-5H3/b9-7+. The van der Waals surface area contributed by atoms with Crippen LogP contribution < -0.4 is 9.47 Å². The minimum Gasteiger partial charge on any atom is -0.493 e. The van der Waals surface area contributed by atoms with E-state index in [0.29, 0.717) is 30.6 Å². The molecule has 2 aromatic rings. The Bertz CT molecular complexity index is 772. The molecule has 0 bridgehead atoms. The van der Waals surface area contributed by atoms with Crippen LogP contribution in [-0.2, 0) is 16.1 Å². The highest BCUT2D eigenvalue weighted by Crippen LogP contribution is 2.30. The maximum absolute atomic E-state index is 11.7. The van der Waals surface area contributed by atoms with E-state index in [9.17, 15) is 4.79 Å². The number of rotatable bonds is 9. The van der Waals surface area contributed by atoms with Gasteiger partial charge >= 0.3 is 5.97 Å². The zero-order valence-electron chi connectivity index (χ0n) is 16.6. The number of esters is 1. The van der Waals surface area contributed by atoms with Crippen LogP contribution in [0.4, 0.5) is 0 Å². The Kier molecular flexibility index (Phi) is 7.46. The number of methoxy groups -OCH3 is 1. The first-order valence-corrected chi connectivity index (χ1v) is 8.98. The molecule has 0 saturated carbocycles. The Balaban J connectivity index is 1.98. The molecule has 27 heavy (non-hydrogen) atoms. The highest BCUT2D eigenvalue weighted by atomic mass is 16.5. The summed E-state index contributed by atoms with van der Waals surface area (Å²) in [4.78, 5) is 11.7. The van der Waals surface area contributed by atoms with E-state index in [1.807, 2.05) is 19.9 Å². The van der Waals surface area contributed by atoms with E-state index < -0.39 is 0 Å². The van der Waals surface area contributed by atoms with Crippen molar-refractivity contribution in [2.24, 2.45) is 5.92 Å². The van der Waals surface area contributed by atoms with Gasteiger partial charge < -0.3 is 18.7 Å². The first kappa shape index (κ1) is 20.6. The number of carbonyl (C=O) groups is 1. The highest BCUT2D eigenvalue weighted by molar-refractivity contribution is 5.87. The molecule has 2 rings (SSSR count). The zero-order chi connectivity index (χ0) is 19.8. The fourth-order valence-corrected chi connectivity index (χ4v) is 2.37. The summed E-state index contributed by atoms with van der Waals surface area (Å²) in [6, 6.07) is 5.46. The molecule has 0 radical (unpaired) electrons. The van der Waals surface area contributed by atoms with Gasteiger partial charge in [-0.3, -0.25) is 0 Å². The van der Waals surface area contributed by atoms with E-state index >= 15 is 0 Å². The predicted octanol–water partition coefficient (Wildman–Crippen LogP) is 4.48. The van der Waals surface area contributed by atoms with E-state index in [0.717, 1.165) is 29.0 Å². The van der Waals surface area contributed by atoms with Crippen molar-refractivity contribution < 1.29 is 23.5 Å². The van der Waals surface area contributed by atoms with E-state index in [-0.39, 0.29) is 5.97 Å². The predicted molar refractivity (Wildman–Crippen MR) is 103 cm³/mol. The number of hydrogen-bond donors (Lipinski definition) is 0. The summed E-state index contributed by atoms with van der Waals surface area (Å²) < 4.78 is 21.6. The average molecular weight is 373 g/mol. The second-order valence-corrected chi connectivity index (χ2v) is 6.69. The molecule has 0 saturated heterocycles. The molecule has 0 aliphatic carbocycles. The molecule has 0 aliphatic heterocycles. The number of nitrogens with zero attached hydrogens (tertiary/aromatic N) is 1. The first-order valence-electron chi connectivity index (χ1n) is 8.98. The lowest BCUT2D eigenvalue weighted by molar-refractivity contribution is -0.137. The minimum absolute atomic E-state index is 0.342. The third-order valence-corrected chi connectivity index (χ3v) is 4.09. The van der Waals surface area contributed by atoms with Crippen molar-refractivity contribution in [3.05, 3.63) is 46.9 Å². The SMILES string of the molecule is COc1cc(/C=C/C(=O)OCCC(C)C)ccc1OCc1c(C)noc1C. The third-order valence-electron chi connectivity index (χ3n) is 4.09. The molecule has 146 valence electrons. The summed E-state index contributed by atoms with van der Waals surface area (Å²) in [5.41, 5.74) is 2.55. The van der Waals surface area contributed by atoms with Gasteiger partial charge in [0.2, 0.25) is 0 Å². The van der Waals surface area contributed by atoms with Gasteiger partial charge in [0.25, 0.3) is 0 Å². The van der Waals surface area contributed by atoms with Crippen LogP contribution in [0, 0.1) is 19.8 Å². The Morgan fingerprint density at radius 2 is 2.04 bits per heavy atom. The molecule has 0 spiro atoms. The van der Waals surface area contributed by atoms with Crippen LogP contribution in [0.25, 0.3) is 6.08 Å². The topological polar surface area (TPSA) is 70.8 Å². The molecule has 1 aromatic carbocycles. The number of aromatic nitrogens is 1. The molecule has 0 atom stereocenters. The lowest BCUT2D eigenvalue weighted by atomic mass is 10.1. The molecule has 0 unspecified atom stereocenters. The van der Waals surface area contributed by atoms with Gasteiger partial charge in [-0.25, -0.2) is 4.79 Å². The first-order chi connectivity index (χ1) is 12.9. The molecule has 6 nitrogen and oxygen atoms in total.